The number of nitrogens with one attached hydrogen (secondary N) is 1. The smallest absolute Gasteiger partial charge is 0.255 e. The maximum Gasteiger partial charge on any atom is 0.255 e. The van der Waals surface area contributed by atoms with Gasteiger partial charge >= 0.3 is 0 Å². The summed E-state index contributed by atoms with van der Waals surface area (Å²) in [5.74, 6) is -0.113. The lowest BCUT2D eigenvalue weighted by molar-refractivity contribution is 0.102. The Bertz CT molecular complexity index is 994. The lowest BCUT2D eigenvalue weighted by atomic mass is 10.0. The second kappa shape index (κ2) is 6.26. The molecule has 0 spiro atoms. The topological polar surface area (TPSA) is 42.0 Å². The maximum atomic E-state index is 12.5. The number of hydrogen-bond acceptors (Lipinski definition) is 3. The first-order valence-electron chi connectivity index (χ1n) is 7.61. The van der Waals surface area contributed by atoms with Crippen LogP contribution in [0.4, 0.5) is 5.69 Å². The molecule has 116 valence electrons. The Labute approximate surface area is 143 Å². The van der Waals surface area contributed by atoms with Gasteiger partial charge in [0.25, 0.3) is 5.91 Å². The minimum atomic E-state index is -0.113. The predicted molar refractivity (Wildman–Crippen MR) is 99.5 cm³/mol. The highest BCUT2D eigenvalue weighted by molar-refractivity contribution is 7.17. The van der Waals surface area contributed by atoms with Crippen molar-refractivity contribution in [1.29, 1.82) is 0 Å². The first kappa shape index (κ1) is 14.6. The van der Waals surface area contributed by atoms with Crippen molar-refractivity contribution in [3.05, 3.63) is 83.9 Å². The van der Waals surface area contributed by atoms with Crippen LogP contribution in [0.5, 0.6) is 0 Å². The average Bonchev–Trinajstić information content (AvgIpc) is 3.06. The molecular weight excluding hydrogens is 316 g/mol. The molecule has 4 rings (SSSR count). The van der Waals surface area contributed by atoms with Gasteiger partial charge in [-0.2, -0.15) is 0 Å². The summed E-state index contributed by atoms with van der Waals surface area (Å²) in [6, 6.07) is 21.4. The van der Waals surface area contributed by atoms with Crippen LogP contribution < -0.4 is 5.32 Å². The molecule has 0 aliphatic heterocycles. The number of carbonyl (C=O) groups is 1. The van der Waals surface area contributed by atoms with Crippen LogP contribution in [-0.2, 0) is 0 Å². The van der Waals surface area contributed by atoms with Crippen molar-refractivity contribution < 1.29 is 4.79 Å². The highest BCUT2D eigenvalue weighted by Gasteiger charge is 2.14. The second-order valence-electron chi connectivity index (χ2n) is 5.37. The summed E-state index contributed by atoms with van der Waals surface area (Å²) in [5, 5.41) is 5.96. The highest BCUT2D eigenvalue weighted by atomic mass is 32.1. The maximum absolute atomic E-state index is 12.5. The third-order valence-electron chi connectivity index (χ3n) is 3.84. The zero-order valence-corrected chi connectivity index (χ0v) is 13.6. The van der Waals surface area contributed by atoms with E-state index in [4.69, 9.17) is 0 Å². The van der Waals surface area contributed by atoms with Crippen LogP contribution in [0.2, 0.25) is 0 Å². The Hall–Kier alpha value is -2.98. The molecule has 2 aromatic heterocycles. The molecule has 4 heteroatoms. The minimum Gasteiger partial charge on any atom is -0.321 e. The zero-order valence-electron chi connectivity index (χ0n) is 12.8. The van der Waals surface area contributed by atoms with Gasteiger partial charge in [-0.15, -0.1) is 11.3 Å². The van der Waals surface area contributed by atoms with Crippen molar-refractivity contribution in [3.8, 4) is 11.1 Å². The Morgan fingerprint density at radius 3 is 2.38 bits per heavy atom. The van der Waals surface area contributed by atoms with Crippen LogP contribution in [0.15, 0.2) is 78.3 Å². The number of carbonyl (C=O) groups excluding carboxylic acids is 1. The van der Waals surface area contributed by atoms with Gasteiger partial charge in [0.1, 0.15) is 4.83 Å². The van der Waals surface area contributed by atoms with E-state index in [2.05, 4.69) is 22.4 Å². The van der Waals surface area contributed by atoms with Crippen LogP contribution in [0.25, 0.3) is 21.3 Å². The number of aromatic nitrogens is 1. The van der Waals surface area contributed by atoms with Gasteiger partial charge in [0.15, 0.2) is 0 Å². The Balaban J connectivity index is 1.78. The van der Waals surface area contributed by atoms with E-state index in [9.17, 15) is 4.79 Å². The van der Waals surface area contributed by atoms with E-state index in [1.807, 2.05) is 54.0 Å². The standard InChI is InChI=1S/C20H14N2OS/c23-19(15-9-5-2-6-10-15)22-17-13-24-20-18(17)16(11-12-21-20)14-7-3-1-4-8-14/h1-13H,(H,22,23). The lowest BCUT2D eigenvalue weighted by Gasteiger charge is -2.08. The lowest BCUT2D eigenvalue weighted by Crippen LogP contribution is -2.11. The summed E-state index contributed by atoms with van der Waals surface area (Å²) in [6.07, 6.45) is 1.81. The number of hydrogen-bond donors (Lipinski definition) is 1. The normalized spacial score (nSPS) is 10.7. The second-order valence-corrected chi connectivity index (χ2v) is 6.23. The number of nitrogens with zero attached hydrogens (tertiary/aromatic N) is 1. The Morgan fingerprint density at radius 1 is 0.917 bits per heavy atom. The first-order valence-corrected chi connectivity index (χ1v) is 8.49. The molecule has 0 atom stereocenters. The number of anilines is 1. The van der Waals surface area contributed by atoms with Crippen molar-refractivity contribution in [2.75, 3.05) is 5.32 Å². The fraction of sp³-hybridized carbons (Fsp3) is 0. The molecule has 1 amide bonds. The van der Waals surface area contributed by atoms with Gasteiger partial charge in [-0.25, -0.2) is 4.98 Å². The van der Waals surface area contributed by atoms with Crippen LogP contribution in [-0.4, -0.2) is 10.9 Å². The third kappa shape index (κ3) is 2.68. The Kier molecular flexibility index (Phi) is 3.81. The van der Waals surface area contributed by atoms with Gasteiger partial charge in [0.05, 0.1) is 5.69 Å². The molecule has 0 aliphatic rings. The van der Waals surface area contributed by atoms with Crippen LogP contribution in [0.1, 0.15) is 10.4 Å². The van der Waals surface area contributed by atoms with E-state index in [1.165, 1.54) is 11.3 Å². The number of rotatable bonds is 3. The molecule has 4 aromatic rings. The highest BCUT2D eigenvalue weighted by Crippen LogP contribution is 2.37. The van der Waals surface area contributed by atoms with E-state index >= 15 is 0 Å². The zero-order chi connectivity index (χ0) is 16.4. The largest absolute Gasteiger partial charge is 0.321 e. The van der Waals surface area contributed by atoms with E-state index in [-0.39, 0.29) is 5.91 Å². The van der Waals surface area contributed by atoms with E-state index in [0.29, 0.717) is 5.56 Å². The third-order valence-corrected chi connectivity index (χ3v) is 4.73. The average molecular weight is 330 g/mol. The van der Waals surface area contributed by atoms with Crippen LogP contribution in [0, 0.1) is 0 Å². The summed E-state index contributed by atoms with van der Waals surface area (Å²) < 4.78 is 0. The molecular formula is C20H14N2OS. The molecule has 0 radical (unpaired) electrons. The first-order chi connectivity index (χ1) is 11.8. The van der Waals surface area contributed by atoms with E-state index < -0.39 is 0 Å². The molecule has 0 unspecified atom stereocenters. The summed E-state index contributed by atoms with van der Waals surface area (Å²) in [5.41, 5.74) is 3.63. The minimum absolute atomic E-state index is 0.113. The number of amides is 1. The fourth-order valence-corrected chi connectivity index (χ4v) is 3.57. The van der Waals surface area contributed by atoms with Gasteiger partial charge in [0, 0.05) is 22.5 Å². The SMILES string of the molecule is O=C(Nc1csc2nccc(-c3ccccc3)c12)c1ccccc1. The molecule has 0 aliphatic carbocycles. The van der Waals surface area contributed by atoms with Crippen LogP contribution in [0.3, 0.4) is 0 Å². The molecule has 2 heterocycles. The molecule has 0 bridgehead atoms. The summed E-state index contributed by atoms with van der Waals surface area (Å²) in [4.78, 5) is 17.8. The number of pyridine rings is 1. The molecule has 3 nitrogen and oxygen atoms in total. The number of thiophene rings is 1. The molecule has 0 saturated carbocycles. The van der Waals surface area contributed by atoms with Crippen molar-refractivity contribution in [3.63, 3.8) is 0 Å². The molecule has 2 aromatic carbocycles. The van der Waals surface area contributed by atoms with Gasteiger partial charge in [-0.3, -0.25) is 4.79 Å². The van der Waals surface area contributed by atoms with Gasteiger partial charge < -0.3 is 5.32 Å². The van der Waals surface area contributed by atoms with Crippen molar-refractivity contribution >= 4 is 33.1 Å². The van der Waals surface area contributed by atoms with Gasteiger partial charge in [0.2, 0.25) is 0 Å². The van der Waals surface area contributed by atoms with Crippen molar-refractivity contribution in [1.82, 2.24) is 4.98 Å². The Morgan fingerprint density at radius 2 is 1.62 bits per heavy atom. The fourth-order valence-electron chi connectivity index (χ4n) is 2.70. The number of fused-ring (bicyclic) bond motifs is 1. The summed E-state index contributed by atoms with van der Waals surface area (Å²) in [7, 11) is 0. The number of benzene rings is 2. The van der Waals surface area contributed by atoms with Crippen molar-refractivity contribution in [2.24, 2.45) is 0 Å². The quantitative estimate of drug-likeness (QED) is 0.560. The molecule has 24 heavy (non-hydrogen) atoms. The van der Waals surface area contributed by atoms with Gasteiger partial charge in [-0.1, -0.05) is 48.5 Å². The van der Waals surface area contributed by atoms with Crippen LogP contribution >= 0.6 is 11.3 Å². The summed E-state index contributed by atoms with van der Waals surface area (Å²) >= 11 is 1.53. The van der Waals surface area contributed by atoms with E-state index in [0.717, 1.165) is 27.0 Å². The molecule has 0 saturated heterocycles. The molecule has 1 N–H and O–H groups in total. The monoisotopic (exact) mass is 330 g/mol. The summed E-state index contributed by atoms with van der Waals surface area (Å²) in [6.45, 7) is 0. The predicted octanol–water partition coefficient (Wildman–Crippen LogP) is 5.22. The van der Waals surface area contributed by atoms with Crippen molar-refractivity contribution in [2.45, 2.75) is 0 Å². The molecule has 0 fully saturated rings. The van der Waals surface area contributed by atoms with Gasteiger partial charge in [-0.05, 0) is 29.3 Å². The van der Waals surface area contributed by atoms with E-state index in [1.54, 1.807) is 12.1 Å².